The number of aromatic nitrogens is 1. The molecule has 0 atom stereocenters. The highest BCUT2D eigenvalue weighted by molar-refractivity contribution is 7.98. The average Bonchev–Trinajstić information content (AvgIpc) is 2.94. The molecule has 0 spiro atoms. The standard InChI is InChI=1S/C16H13ClN2S2/c17-15-7-2-1-6-14(15)16-19-12(10-21-16)9-20-13-5-3-4-11(18)8-13/h1-8,10H,9,18H2. The van der Waals surface area contributed by atoms with E-state index in [1.54, 1.807) is 23.1 Å². The Balaban J connectivity index is 1.72. The van der Waals surface area contributed by atoms with Gasteiger partial charge in [-0.25, -0.2) is 4.98 Å². The summed E-state index contributed by atoms with van der Waals surface area (Å²) in [5.74, 6) is 0.824. The number of nitrogens with zero attached hydrogens (tertiary/aromatic N) is 1. The van der Waals surface area contributed by atoms with Crippen LogP contribution in [-0.2, 0) is 5.75 Å². The van der Waals surface area contributed by atoms with Crippen LogP contribution in [0.15, 0.2) is 58.8 Å². The molecule has 0 aliphatic carbocycles. The minimum atomic E-state index is 0.738. The molecule has 0 unspecified atom stereocenters. The van der Waals surface area contributed by atoms with E-state index in [2.05, 4.69) is 16.4 Å². The molecule has 0 fully saturated rings. The number of thioether (sulfide) groups is 1. The zero-order valence-electron chi connectivity index (χ0n) is 11.1. The van der Waals surface area contributed by atoms with Gasteiger partial charge in [0.05, 0.1) is 10.7 Å². The second kappa shape index (κ2) is 6.52. The highest BCUT2D eigenvalue weighted by atomic mass is 35.5. The van der Waals surface area contributed by atoms with Crippen LogP contribution in [0.4, 0.5) is 5.69 Å². The number of nitrogen functional groups attached to an aromatic ring is 1. The number of rotatable bonds is 4. The zero-order valence-corrected chi connectivity index (χ0v) is 13.5. The van der Waals surface area contributed by atoms with Crippen molar-refractivity contribution in [2.24, 2.45) is 0 Å². The summed E-state index contributed by atoms with van der Waals surface area (Å²) in [6.07, 6.45) is 0. The number of hydrogen-bond donors (Lipinski definition) is 1. The number of halogens is 1. The Kier molecular flexibility index (Phi) is 4.48. The Bertz CT molecular complexity index is 755. The maximum Gasteiger partial charge on any atom is 0.125 e. The molecule has 3 aromatic rings. The molecule has 2 nitrogen and oxygen atoms in total. The van der Waals surface area contributed by atoms with Gasteiger partial charge in [-0.15, -0.1) is 23.1 Å². The Morgan fingerprint density at radius 2 is 2.00 bits per heavy atom. The summed E-state index contributed by atoms with van der Waals surface area (Å²) in [5.41, 5.74) is 8.62. The van der Waals surface area contributed by atoms with Crippen molar-refractivity contribution in [2.75, 3.05) is 5.73 Å². The van der Waals surface area contributed by atoms with Gasteiger partial charge in [-0.1, -0.05) is 35.9 Å². The Morgan fingerprint density at radius 1 is 1.14 bits per heavy atom. The Labute approximate surface area is 137 Å². The smallest absolute Gasteiger partial charge is 0.125 e. The normalized spacial score (nSPS) is 10.7. The molecule has 1 heterocycles. The largest absolute Gasteiger partial charge is 0.399 e. The molecule has 2 aromatic carbocycles. The van der Waals surface area contributed by atoms with Crippen LogP contribution in [0.5, 0.6) is 0 Å². The van der Waals surface area contributed by atoms with Gasteiger partial charge in [0.2, 0.25) is 0 Å². The van der Waals surface area contributed by atoms with Crippen molar-refractivity contribution < 1.29 is 0 Å². The molecule has 1 aromatic heterocycles. The number of hydrogen-bond acceptors (Lipinski definition) is 4. The van der Waals surface area contributed by atoms with Crippen LogP contribution in [0.3, 0.4) is 0 Å². The van der Waals surface area contributed by atoms with E-state index in [4.69, 9.17) is 17.3 Å². The quantitative estimate of drug-likeness (QED) is 0.518. The summed E-state index contributed by atoms with van der Waals surface area (Å²) in [7, 11) is 0. The molecule has 0 aliphatic rings. The second-order valence-electron chi connectivity index (χ2n) is 4.49. The van der Waals surface area contributed by atoms with Gasteiger partial charge >= 0.3 is 0 Å². The monoisotopic (exact) mass is 332 g/mol. The lowest BCUT2D eigenvalue weighted by atomic mass is 10.2. The van der Waals surface area contributed by atoms with Gasteiger partial charge in [0, 0.05) is 27.3 Å². The summed E-state index contributed by atoms with van der Waals surface area (Å²) in [4.78, 5) is 5.82. The first-order chi connectivity index (χ1) is 10.2. The van der Waals surface area contributed by atoms with Crippen molar-refractivity contribution in [3.05, 3.63) is 64.6 Å². The number of thiazole rings is 1. The zero-order chi connectivity index (χ0) is 14.7. The van der Waals surface area contributed by atoms with Crippen LogP contribution >= 0.6 is 34.7 Å². The third kappa shape index (κ3) is 3.59. The minimum absolute atomic E-state index is 0.738. The molecule has 106 valence electrons. The topological polar surface area (TPSA) is 38.9 Å². The summed E-state index contributed by atoms with van der Waals surface area (Å²) < 4.78 is 0. The summed E-state index contributed by atoms with van der Waals surface area (Å²) in [6, 6.07) is 15.7. The van der Waals surface area contributed by atoms with Gasteiger partial charge in [-0.3, -0.25) is 0 Å². The third-order valence-electron chi connectivity index (χ3n) is 2.90. The van der Waals surface area contributed by atoms with Crippen LogP contribution in [0.2, 0.25) is 5.02 Å². The molecule has 5 heteroatoms. The third-order valence-corrected chi connectivity index (χ3v) is 5.18. The first-order valence-electron chi connectivity index (χ1n) is 6.40. The molecule has 21 heavy (non-hydrogen) atoms. The highest BCUT2D eigenvalue weighted by Gasteiger charge is 2.08. The molecular weight excluding hydrogens is 320 g/mol. The first kappa shape index (κ1) is 14.4. The number of anilines is 1. The van der Waals surface area contributed by atoms with Gasteiger partial charge in [-0.2, -0.15) is 0 Å². The molecule has 3 rings (SSSR count). The molecular formula is C16H13ClN2S2. The van der Waals surface area contributed by atoms with Gasteiger partial charge in [0.15, 0.2) is 0 Å². The lowest BCUT2D eigenvalue weighted by molar-refractivity contribution is 1.23. The van der Waals surface area contributed by atoms with E-state index in [1.807, 2.05) is 42.5 Å². The molecule has 0 aliphatic heterocycles. The first-order valence-corrected chi connectivity index (χ1v) is 8.64. The van der Waals surface area contributed by atoms with Crippen molar-refractivity contribution in [1.82, 2.24) is 4.98 Å². The van der Waals surface area contributed by atoms with E-state index in [0.717, 1.165) is 37.6 Å². The van der Waals surface area contributed by atoms with Crippen LogP contribution in [0, 0.1) is 0 Å². The molecule has 0 radical (unpaired) electrons. The fraction of sp³-hybridized carbons (Fsp3) is 0.0625. The molecule has 0 amide bonds. The molecule has 0 saturated heterocycles. The van der Waals surface area contributed by atoms with Crippen molar-refractivity contribution in [3.8, 4) is 10.6 Å². The van der Waals surface area contributed by atoms with Gasteiger partial charge in [0.25, 0.3) is 0 Å². The van der Waals surface area contributed by atoms with Crippen LogP contribution in [0.25, 0.3) is 10.6 Å². The van der Waals surface area contributed by atoms with E-state index in [-0.39, 0.29) is 0 Å². The van der Waals surface area contributed by atoms with Gasteiger partial charge in [-0.05, 0) is 24.3 Å². The maximum absolute atomic E-state index is 6.21. The predicted molar refractivity (Wildman–Crippen MR) is 93.0 cm³/mol. The van der Waals surface area contributed by atoms with Crippen molar-refractivity contribution in [2.45, 2.75) is 10.6 Å². The fourth-order valence-electron chi connectivity index (χ4n) is 1.89. The van der Waals surface area contributed by atoms with E-state index in [0.29, 0.717) is 0 Å². The van der Waals surface area contributed by atoms with Crippen molar-refractivity contribution in [3.63, 3.8) is 0 Å². The molecule has 0 bridgehead atoms. The van der Waals surface area contributed by atoms with E-state index >= 15 is 0 Å². The number of nitrogens with two attached hydrogens (primary N) is 1. The van der Waals surface area contributed by atoms with Crippen molar-refractivity contribution >= 4 is 40.4 Å². The lowest BCUT2D eigenvalue weighted by Crippen LogP contribution is -1.85. The van der Waals surface area contributed by atoms with E-state index < -0.39 is 0 Å². The summed E-state index contributed by atoms with van der Waals surface area (Å²) in [5, 5.41) is 3.78. The Morgan fingerprint density at radius 3 is 2.81 bits per heavy atom. The van der Waals surface area contributed by atoms with Gasteiger partial charge in [0.1, 0.15) is 5.01 Å². The van der Waals surface area contributed by atoms with Crippen LogP contribution in [-0.4, -0.2) is 4.98 Å². The average molecular weight is 333 g/mol. The lowest BCUT2D eigenvalue weighted by Gasteiger charge is -2.01. The van der Waals surface area contributed by atoms with E-state index in [1.165, 1.54) is 0 Å². The summed E-state index contributed by atoms with van der Waals surface area (Å²) >= 11 is 9.56. The summed E-state index contributed by atoms with van der Waals surface area (Å²) in [6.45, 7) is 0. The minimum Gasteiger partial charge on any atom is -0.399 e. The van der Waals surface area contributed by atoms with Crippen LogP contribution < -0.4 is 5.73 Å². The van der Waals surface area contributed by atoms with Crippen molar-refractivity contribution in [1.29, 1.82) is 0 Å². The molecule has 2 N–H and O–H groups in total. The maximum atomic E-state index is 6.21. The predicted octanol–water partition coefficient (Wildman–Crippen LogP) is 5.34. The van der Waals surface area contributed by atoms with E-state index in [9.17, 15) is 0 Å². The van der Waals surface area contributed by atoms with Gasteiger partial charge < -0.3 is 5.73 Å². The second-order valence-corrected chi connectivity index (χ2v) is 6.80. The number of benzene rings is 2. The SMILES string of the molecule is Nc1cccc(SCc2csc(-c3ccccc3Cl)n2)c1. The Hall–Kier alpha value is -1.49. The fourth-order valence-corrected chi connectivity index (χ4v) is 4.00. The van der Waals surface area contributed by atoms with Crippen LogP contribution in [0.1, 0.15) is 5.69 Å². The molecule has 0 saturated carbocycles. The highest BCUT2D eigenvalue weighted by Crippen LogP contribution is 2.32.